The molecule has 0 aliphatic carbocycles. The summed E-state index contributed by atoms with van der Waals surface area (Å²) in [6, 6.07) is 0. The number of hydrogen-bond acceptors (Lipinski definition) is 5. The summed E-state index contributed by atoms with van der Waals surface area (Å²) in [6.07, 6.45) is 10.5. The Bertz CT molecular complexity index is 623. The highest BCUT2D eigenvalue weighted by atomic mass is 127. The molecule has 0 spiro atoms. The minimum Gasteiger partial charge on any atom is -0.356 e. The highest BCUT2D eigenvalue weighted by Crippen LogP contribution is 2.11. The highest BCUT2D eigenvalue weighted by molar-refractivity contribution is 14.0. The molecule has 0 radical (unpaired) electrons. The molecule has 0 atom stereocenters. The van der Waals surface area contributed by atoms with E-state index in [4.69, 9.17) is 0 Å². The molecular weight excluding hydrogens is 495 g/mol. The molecule has 1 amide bonds. The summed E-state index contributed by atoms with van der Waals surface area (Å²) in [5.74, 6) is 1.27. The SMILES string of the molecule is CN=C(NCCCCn1cnnc1)N1CCN(CC(=O)N2CCCCCC2)CC1.I. The van der Waals surface area contributed by atoms with Crippen molar-refractivity contribution >= 4 is 35.8 Å². The molecule has 0 aromatic carbocycles. The average Bonchev–Trinajstić information content (AvgIpc) is 3.11. The minimum absolute atomic E-state index is 0. The van der Waals surface area contributed by atoms with Crippen LogP contribution in [-0.4, -0.2) is 101 Å². The Morgan fingerprint density at radius 2 is 1.60 bits per heavy atom. The summed E-state index contributed by atoms with van der Waals surface area (Å²) >= 11 is 0. The Morgan fingerprint density at radius 3 is 2.23 bits per heavy atom. The number of carbonyl (C=O) groups is 1. The molecule has 0 saturated carbocycles. The van der Waals surface area contributed by atoms with Crippen LogP contribution in [0.1, 0.15) is 38.5 Å². The van der Waals surface area contributed by atoms with Crippen molar-refractivity contribution in [1.29, 1.82) is 0 Å². The largest absolute Gasteiger partial charge is 0.356 e. The van der Waals surface area contributed by atoms with Crippen LogP contribution in [0.25, 0.3) is 0 Å². The van der Waals surface area contributed by atoms with Gasteiger partial charge in [0.05, 0.1) is 6.54 Å². The van der Waals surface area contributed by atoms with E-state index < -0.39 is 0 Å². The van der Waals surface area contributed by atoms with E-state index in [2.05, 4.69) is 35.2 Å². The number of nitrogens with one attached hydrogen (secondary N) is 1. The van der Waals surface area contributed by atoms with Crippen LogP contribution in [0.2, 0.25) is 0 Å². The normalized spacial score (nSPS) is 18.6. The van der Waals surface area contributed by atoms with Gasteiger partial charge in [-0.05, 0) is 25.7 Å². The second kappa shape index (κ2) is 13.8. The molecule has 9 nitrogen and oxygen atoms in total. The number of aryl methyl sites for hydroxylation is 1. The molecule has 1 aromatic rings. The molecule has 2 fully saturated rings. The number of carbonyl (C=O) groups excluding carboxylic acids is 1. The second-order valence-electron chi connectivity index (χ2n) is 7.94. The first-order valence-electron chi connectivity index (χ1n) is 11.0. The van der Waals surface area contributed by atoms with Crippen molar-refractivity contribution in [2.75, 3.05) is 59.4 Å². The average molecular weight is 532 g/mol. The number of unbranched alkanes of at least 4 members (excludes halogenated alkanes) is 1. The van der Waals surface area contributed by atoms with Gasteiger partial charge in [0, 0.05) is 59.4 Å². The zero-order chi connectivity index (χ0) is 20.3. The highest BCUT2D eigenvalue weighted by Gasteiger charge is 2.23. The van der Waals surface area contributed by atoms with Crippen molar-refractivity contribution in [3.8, 4) is 0 Å². The summed E-state index contributed by atoms with van der Waals surface area (Å²) in [6.45, 7) is 7.92. The summed E-state index contributed by atoms with van der Waals surface area (Å²) in [7, 11) is 1.84. The number of aliphatic imine (C=N–C) groups is 1. The molecule has 170 valence electrons. The molecule has 3 rings (SSSR count). The molecule has 2 aliphatic heterocycles. The van der Waals surface area contributed by atoms with Gasteiger partial charge in [-0.3, -0.25) is 14.7 Å². The molecule has 0 bridgehead atoms. The van der Waals surface area contributed by atoms with Gasteiger partial charge < -0.3 is 19.7 Å². The topological polar surface area (TPSA) is 81.9 Å². The van der Waals surface area contributed by atoms with Crippen LogP contribution < -0.4 is 5.32 Å². The zero-order valence-corrected chi connectivity index (χ0v) is 20.5. The van der Waals surface area contributed by atoms with Gasteiger partial charge in [0.15, 0.2) is 5.96 Å². The summed E-state index contributed by atoms with van der Waals surface area (Å²) < 4.78 is 2.00. The maximum atomic E-state index is 12.6. The lowest BCUT2D eigenvalue weighted by Crippen LogP contribution is -2.54. The first kappa shape index (κ1) is 24.8. The van der Waals surface area contributed by atoms with Gasteiger partial charge in [0.25, 0.3) is 0 Å². The minimum atomic E-state index is 0. The predicted molar refractivity (Wildman–Crippen MR) is 129 cm³/mol. The van der Waals surface area contributed by atoms with E-state index in [-0.39, 0.29) is 24.0 Å². The zero-order valence-electron chi connectivity index (χ0n) is 18.2. The van der Waals surface area contributed by atoms with E-state index in [1.807, 2.05) is 11.6 Å². The van der Waals surface area contributed by atoms with Crippen LogP contribution in [0.4, 0.5) is 0 Å². The lowest BCUT2D eigenvalue weighted by Gasteiger charge is -2.37. The lowest BCUT2D eigenvalue weighted by molar-refractivity contribution is -0.132. The van der Waals surface area contributed by atoms with Gasteiger partial charge >= 0.3 is 0 Å². The van der Waals surface area contributed by atoms with Gasteiger partial charge in [-0.1, -0.05) is 12.8 Å². The van der Waals surface area contributed by atoms with E-state index in [9.17, 15) is 4.79 Å². The Kier molecular flexibility index (Phi) is 11.4. The first-order valence-corrected chi connectivity index (χ1v) is 11.0. The Labute approximate surface area is 197 Å². The molecule has 0 unspecified atom stereocenters. The van der Waals surface area contributed by atoms with E-state index in [0.29, 0.717) is 12.5 Å². The van der Waals surface area contributed by atoms with Crippen molar-refractivity contribution in [3.63, 3.8) is 0 Å². The third-order valence-corrected chi connectivity index (χ3v) is 5.79. The Balaban J connectivity index is 0.00000320. The molecule has 2 aliphatic rings. The fourth-order valence-electron chi connectivity index (χ4n) is 4.02. The standard InChI is InChI=1S/C20H36N8O.HI/c1-21-20(22-8-4-7-9-26-17-23-24-18-26)28-14-12-25(13-15-28)16-19(29)27-10-5-2-3-6-11-27;/h17-18H,2-16H2,1H3,(H,21,22);1H. The lowest BCUT2D eigenvalue weighted by atomic mass is 10.2. The smallest absolute Gasteiger partial charge is 0.236 e. The van der Waals surface area contributed by atoms with E-state index >= 15 is 0 Å². The number of halogens is 1. The fraction of sp³-hybridized carbons (Fsp3) is 0.800. The van der Waals surface area contributed by atoms with Crippen molar-refractivity contribution in [2.45, 2.75) is 45.1 Å². The predicted octanol–water partition coefficient (Wildman–Crippen LogP) is 1.27. The van der Waals surface area contributed by atoms with Crippen LogP contribution >= 0.6 is 24.0 Å². The number of hydrogen-bond donors (Lipinski definition) is 1. The molecule has 1 aromatic heterocycles. The summed E-state index contributed by atoms with van der Waals surface area (Å²) in [5.41, 5.74) is 0. The van der Waals surface area contributed by atoms with Gasteiger partial charge in [0.1, 0.15) is 12.7 Å². The van der Waals surface area contributed by atoms with Crippen LogP contribution in [0.3, 0.4) is 0 Å². The van der Waals surface area contributed by atoms with E-state index in [0.717, 1.165) is 84.0 Å². The number of piperazine rings is 1. The third kappa shape index (κ3) is 8.01. The van der Waals surface area contributed by atoms with E-state index in [1.165, 1.54) is 12.8 Å². The van der Waals surface area contributed by atoms with Crippen LogP contribution in [0.15, 0.2) is 17.6 Å². The molecule has 10 heteroatoms. The van der Waals surface area contributed by atoms with Gasteiger partial charge in [0.2, 0.25) is 5.91 Å². The molecule has 2 saturated heterocycles. The number of guanidine groups is 1. The van der Waals surface area contributed by atoms with Crippen molar-refractivity contribution < 1.29 is 4.79 Å². The monoisotopic (exact) mass is 532 g/mol. The molecule has 3 heterocycles. The van der Waals surface area contributed by atoms with Crippen LogP contribution in [0, 0.1) is 0 Å². The molecule has 1 N–H and O–H groups in total. The number of likely N-dealkylation sites (tertiary alicyclic amines) is 1. The van der Waals surface area contributed by atoms with Gasteiger partial charge in [-0.15, -0.1) is 34.2 Å². The number of amides is 1. The molecular formula is C20H37IN8O. The third-order valence-electron chi connectivity index (χ3n) is 5.79. The van der Waals surface area contributed by atoms with Crippen LogP contribution in [-0.2, 0) is 11.3 Å². The summed E-state index contributed by atoms with van der Waals surface area (Å²) in [5, 5.41) is 11.1. The maximum absolute atomic E-state index is 12.6. The number of nitrogens with zero attached hydrogens (tertiary/aromatic N) is 7. The van der Waals surface area contributed by atoms with Crippen LogP contribution in [0.5, 0.6) is 0 Å². The summed E-state index contributed by atoms with van der Waals surface area (Å²) in [4.78, 5) is 23.7. The Hall–Kier alpha value is -1.43. The van der Waals surface area contributed by atoms with E-state index in [1.54, 1.807) is 12.7 Å². The Morgan fingerprint density at radius 1 is 0.933 bits per heavy atom. The van der Waals surface area contributed by atoms with Crippen molar-refractivity contribution in [1.82, 2.24) is 34.8 Å². The van der Waals surface area contributed by atoms with Gasteiger partial charge in [-0.2, -0.15) is 0 Å². The van der Waals surface area contributed by atoms with Crippen molar-refractivity contribution in [3.05, 3.63) is 12.7 Å². The van der Waals surface area contributed by atoms with Crippen molar-refractivity contribution in [2.24, 2.45) is 4.99 Å². The first-order chi connectivity index (χ1) is 14.3. The number of rotatable bonds is 7. The molecule has 30 heavy (non-hydrogen) atoms. The fourth-order valence-corrected chi connectivity index (χ4v) is 4.02. The maximum Gasteiger partial charge on any atom is 0.236 e. The quantitative estimate of drug-likeness (QED) is 0.247. The second-order valence-corrected chi connectivity index (χ2v) is 7.94. The number of aromatic nitrogens is 3. The van der Waals surface area contributed by atoms with Gasteiger partial charge in [-0.25, -0.2) is 0 Å².